The average molecular weight is 260 g/mol. The fraction of sp³-hybridized carbons (Fsp3) is 0.467. The zero-order valence-electron chi connectivity index (χ0n) is 11.9. The van der Waals surface area contributed by atoms with Gasteiger partial charge in [0.05, 0.1) is 13.2 Å². The zero-order valence-corrected chi connectivity index (χ0v) is 11.9. The van der Waals surface area contributed by atoms with Crippen molar-refractivity contribution in [2.24, 2.45) is 5.92 Å². The van der Waals surface area contributed by atoms with Gasteiger partial charge in [-0.2, -0.15) is 5.26 Å². The number of nitriles is 1. The number of benzene rings is 1. The van der Waals surface area contributed by atoms with E-state index in [0.29, 0.717) is 13.0 Å². The molecular formula is C15H20N2O2. The number of nitrogens with one attached hydrogen (secondary N) is 1. The summed E-state index contributed by atoms with van der Waals surface area (Å²) >= 11 is 0. The van der Waals surface area contributed by atoms with Gasteiger partial charge in [-0.1, -0.05) is 24.6 Å². The summed E-state index contributed by atoms with van der Waals surface area (Å²) in [5.41, 5.74) is 3.09. The van der Waals surface area contributed by atoms with E-state index in [1.54, 1.807) is 7.11 Å². The lowest BCUT2D eigenvalue weighted by molar-refractivity contribution is -0.123. The van der Waals surface area contributed by atoms with Gasteiger partial charge in [0, 0.05) is 12.1 Å². The molecule has 0 radical (unpaired) electrons. The lowest BCUT2D eigenvalue weighted by Crippen LogP contribution is -2.29. The topological polar surface area (TPSA) is 62.1 Å². The molecule has 0 aliphatic rings. The molecule has 0 bridgehead atoms. The van der Waals surface area contributed by atoms with Gasteiger partial charge in [-0.05, 0) is 25.8 Å². The van der Waals surface area contributed by atoms with Crippen LogP contribution in [0.4, 0.5) is 0 Å². The second-order valence-electron chi connectivity index (χ2n) is 4.58. The van der Waals surface area contributed by atoms with E-state index in [1.807, 2.05) is 39.0 Å². The van der Waals surface area contributed by atoms with E-state index in [-0.39, 0.29) is 5.91 Å². The third kappa shape index (κ3) is 3.72. The van der Waals surface area contributed by atoms with E-state index < -0.39 is 5.92 Å². The van der Waals surface area contributed by atoms with Crippen molar-refractivity contribution in [2.75, 3.05) is 7.11 Å². The standard InChI is InChI=1S/C15H20N2O2/c1-5-12(8-16)15(18)17-9-13-7-10(2)6-11(3)14(13)19-4/h6-7,12H,5,9H2,1-4H3,(H,17,18). The lowest BCUT2D eigenvalue weighted by Gasteiger charge is -2.14. The van der Waals surface area contributed by atoms with Crippen molar-refractivity contribution in [2.45, 2.75) is 33.7 Å². The molecule has 0 saturated heterocycles. The number of aryl methyl sites for hydroxylation is 2. The second-order valence-corrected chi connectivity index (χ2v) is 4.58. The molecule has 0 spiro atoms. The summed E-state index contributed by atoms with van der Waals surface area (Å²) in [6.45, 7) is 6.18. The molecule has 1 rings (SSSR count). The van der Waals surface area contributed by atoms with E-state index in [9.17, 15) is 4.79 Å². The molecule has 1 amide bonds. The maximum Gasteiger partial charge on any atom is 0.237 e. The van der Waals surface area contributed by atoms with E-state index in [4.69, 9.17) is 10.00 Å². The van der Waals surface area contributed by atoms with Gasteiger partial charge < -0.3 is 10.1 Å². The Morgan fingerprint density at radius 3 is 2.68 bits per heavy atom. The maximum atomic E-state index is 11.8. The molecule has 102 valence electrons. The Morgan fingerprint density at radius 2 is 2.16 bits per heavy atom. The van der Waals surface area contributed by atoms with Crippen LogP contribution in [0, 0.1) is 31.1 Å². The van der Waals surface area contributed by atoms with Crippen LogP contribution in [-0.4, -0.2) is 13.0 Å². The molecule has 0 heterocycles. The summed E-state index contributed by atoms with van der Waals surface area (Å²) in [4.78, 5) is 11.8. The summed E-state index contributed by atoms with van der Waals surface area (Å²) in [6.07, 6.45) is 0.520. The molecule has 4 heteroatoms. The van der Waals surface area contributed by atoms with Gasteiger partial charge in [0.2, 0.25) is 5.91 Å². The minimum atomic E-state index is -0.586. The van der Waals surface area contributed by atoms with Crippen LogP contribution >= 0.6 is 0 Å². The third-order valence-corrected chi connectivity index (χ3v) is 3.03. The van der Waals surface area contributed by atoms with Crippen molar-refractivity contribution >= 4 is 5.91 Å². The van der Waals surface area contributed by atoms with E-state index in [0.717, 1.165) is 22.4 Å². The highest BCUT2D eigenvalue weighted by molar-refractivity contribution is 5.81. The van der Waals surface area contributed by atoms with Crippen LogP contribution in [0.25, 0.3) is 0 Å². The molecule has 1 aromatic carbocycles. The van der Waals surface area contributed by atoms with Gasteiger partial charge in [-0.3, -0.25) is 4.79 Å². The maximum absolute atomic E-state index is 11.8. The Kier molecular flexibility index (Phi) is 5.37. The molecule has 0 fully saturated rings. The molecule has 0 aliphatic carbocycles. The summed E-state index contributed by atoms with van der Waals surface area (Å²) in [7, 11) is 1.62. The van der Waals surface area contributed by atoms with Crippen LogP contribution in [0.15, 0.2) is 12.1 Å². The van der Waals surface area contributed by atoms with Crippen molar-refractivity contribution in [3.05, 3.63) is 28.8 Å². The Morgan fingerprint density at radius 1 is 1.47 bits per heavy atom. The predicted octanol–water partition coefficient (Wildman–Crippen LogP) is 2.48. The first-order chi connectivity index (χ1) is 9.03. The minimum absolute atomic E-state index is 0.230. The highest BCUT2D eigenvalue weighted by atomic mass is 16.5. The van der Waals surface area contributed by atoms with Crippen molar-refractivity contribution in [3.63, 3.8) is 0 Å². The summed E-state index contributed by atoms with van der Waals surface area (Å²) in [5, 5.41) is 11.6. The molecule has 1 unspecified atom stereocenters. The Balaban J connectivity index is 2.84. The number of nitrogens with zero attached hydrogens (tertiary/aromatic N) is 1. The molecule has 1 aromatic rings. The summed E-state index contributed by atoms with van der Waals surface area (Å²) in [5.74, 6) is -0.0287. The van der Waals surface area contributed by atoms with Crippen molar-refractivity contribution in [1.82, 2.24) is 5.32 Å². The number of rotatable bonds is 5. The first-order valence-electron chi connectivity index (χ1n) is 6.34. The van der Waals surface area contributed by atoms with Crippen LogP contribution in [0.3, 0.4) is 0 Å². The molecular weight excluding hydrogens is 240 g/mol. The van der Waals surface area contributed by atoms with Gasteiger partial charge in [0.15, 0.2) is 0 Å². The van der Waals surface area contributed by atoms with E-state index >= 15 is 0 Å². The predicted molar refractivity (Wildman–Crippen MR) is 73.7 cm³/mol. The number of hydrogen-bond acceptors (Lipinski definition) is 3. The fourth-order valence-corrected chi connectivity index (χ4v) is 2.11. The number of carbonyl (C=O) groups is 1. The molecule has 19 heavy (non-hydrogen) atoms. The molecule has 1 N–H and O–H groups in total. The fourth-order valence-electron chi connectivity index (χ4n) is 2.11. The Bertz CT molecular complexity index is 504. The number of hydrogen-bond donors (Lipinski definition) is 1. The molecule has 0 aromatic heterocycles. The number of carbonyl (C=O) groups excluding carboxylic acids is 1. The van der Waals surface area contributed by atoms with Crippen LogP contribution in [-0.2, 0) is 11.3 Å². The van der Waals surface area contributed by atoms with Crippen LogP contribution in [0.2, 0.25) is 0 Å². The first kappa shape index (κ1) is 15.0. The molecule has 0 saturated carbocycles. The molecule has 1 atom stereocenters. The lowest BCUT2D eigenvalue weighted by atomic mass is 10.0. The largest absolute Gasteiger partial charge is 0.496 e. The van der Waals surface area contributed by atoms with Crippen LogP contribution in [0.5, 0.6) is 5.75 Å². The van der Waals surface area contributed by atoms with Crippen LogP contribution in [0.1, 0.15) is 30.0 Å². The monoisotopic (exact) mass is 260 g/mol. The number of ether oxygens (including phenoxy) is 1. The SMILES string of the molecule is CCC(C#N)C(=O)NCc1cc(C)cc(C)c1OC. The van der Waals surface area contributed by atoms with E-state index in [2.05, 4.69) is 5.32 Å². The smallest absolute Gasteiger partial charge is 0.237 e. The Labute approximate surface area is 114 Å². The van der Waals surface area contributed by atoms with Gasteiger partial charge in [-0.25, -0.2) is 0 Å². The minimum Gasteiger partial charge on any atom is -0.496 e. The van der Waals surface area contributed by atoms with Gasteiger partial charge in [0.1, 0.15) is 11.7 Å². The van der Waals surface area contributed by atoms with E-state index in [1.165, 1.54) is 0 Å². The summed E-state index contributed by atoms with van der Waals surface area (Å²) in [6, 6.07) is 6.02. The first-order valence-corrected chi connectivity index (χ1v) is 6.34. The molecule has 0 aliphatic heterocycles. The van der Waals surface area contributed by atoms with Gasteiger partial charge in [-0.15, -0.1) is 0 Å². The average Bonchev–Trinajstić information content (AvgIpc) is 2.37. The normalized spacial score (nSPS) is 11.5. The summed E-state index contributed by atoms with van der Waals surface area (Å²) < 4.78 is 5.36. The van der Waals surface area contributed by atoms with Gasteiger partial charge >= 0.3 is 0 Å². The Hall–Kier alpha value is -2.02. The highest BCUT2D eigenvalue weighted by Gasteiger charge is 2.16. The number of amides is 1. The second kappa shape index (κ2) is 6.79. The quantitative estimate of drug-likeness (QED) is 0.884. The van der Waals surface area contributed by atoms with Crippen molar-refractivity contribution in [3.8, 4) is 11.8 Å². The van der Waals surface area contributed by atoms with Gasteiger partial charge in [0.25, 0.3) is 0 Å². The zero-order chi connectivity index (χ0) is 14.4. The van der Waals surface area contributed by atoms with Crippen molar-refractivity contribution < 1.29 is 9.53 Å². The third-order valence-electron chi connectivity index (χ3n) is 3.03. The van der Waals surface area contributed by atoms with Crippen molar-refractivity contribution in [1.29, 1.82) is 5.26 Å². The molecule has 4 nitrogen and oxygen atoms in total. The number of methoxy groups -OCH3 is 1. The highest BCUT2D eigenvalue weighted by Crippen LogP contribution is 2.24. The van der Waals surface area contributed by atoms with Crippen LogP contribution < -0.4 is 10.1 Å².